The zero-order valence-electron chi connectivity index (χ0n) is 14.3. The fourth-order valence-corrected chi connectivity index (χ4v) is 3.30. The fourth-order valence-electron chi connectivity index (χ4n) is 3.00. The van der Waals surface area contributed by atoms with Crippen LogP contribution in [0.15, 0.2) is 30.3 Å². The summed E-state index contributed by atoms with van der Waals surface area (Å²) in [5.41, 5.74) is 3.24. The summed E-state index contributed by atoms with van der Waals surface area (Å²) in [5.74, 6) is 0. The second-order valence-electron chi connectivity index (χ2n) is 6.38. The summed E-state index contributed by atoms with van der Waals surface area (Å²) in [7, 11) is 2.13. The molecule has 1 aromatic heterocycles. The van der Waals surface area contributed by atoms with Gasteiger partial charge in [0, 0.05) is 31.7 Å². The summed E-state index contributed by atoms with van der Waals surface area (Å²) in [6, 6.07) is 10.2. The van der Waals surface area contributed by atoms with Gasteiger partial charge in [0.2, 0.25) is 0 Å². The minimum atomic E-state index is 0.238. The van der Waals surface area contributed by atoms with Crippen LogP contribution in [0.4, 0.5) is 0 Å². The monoisotopic (exact) mass is 348 g/mol. The molecule has 1 N–H and O–H groups in total. The van der Waals surface area contributed by atoms with E-state index in [0.29, 0.717) is 18.2 Å². The third-order valence-electron chi connectivity index (χ3n) is 4.37. The number of aromatic nitrogens is 2. The van der Waals surface area contributed by atoms with Gasteiger partial charge in [-0.05, 0) is 19.5 Å². The standard InChI is InChI=1S/C18H25ClN4O/c1-14-17(11-20-10-16-13-22(2)8-9-24-16)18(19)23(21-14)12-15-6-4-3-5-7-15/h3-7,16,20H,8-13H2,1-2H3/t16-/m1/s1. The summed E-state index contributed by atoms with van der Waals surface area (Å²) in [4.78, 5) is 2.30. The number of nitrogens with one attached hydrogen (secondary N) is 1. The summed E-state index contributed by atoms with van der Waals surface area (Å²) < 4.78 is 7.64. The van der Waals surface area contributed by atoms with Crippen molar-refractivity contribution in [1.29, 1.82) is 0 Å². The molecule has 1 saturated heterocycles. The Morgan fingerprint density at radius 2 is 2.12 bits per heavy atom. The van der Waals surface area contributed by atoms with E-state index in [4.69, 9.17) is 16.3 Å². The molecule has 1 aliphatic rings. The zero-order chi connectivity index (χ0) is 16.9. The molecule has 2 aromatic rings. The molecule has 6 heteroatoms. The predicted octanol–water partition coefficient (Wildman–Crippen LogP) is 2.31. The number of rotatable bonds is 6. The van der Waals surface area contributed by atoms with E-state index in [1.807, 2.05) is 29.8 Å². The molecule has 0 unspecified atom stereocenters. The maximum atomic E-state index is 6.55. The average molecular weight is 349 g/mol. The molecular formula is C18H25ClN4O. The van der Waals surface area contributed by atoms with Crippen molar-refractivity contribution in [3.63, 3.8) is 0 Å². The second-order valence-corrected chi connectivity index (χ2v) is 6.74. The molecule has 1 fully saturated rings. The molecule has 1 aromatic carbocycles. The maximum Gasteiger partial charge on any atom is 0.132 e. The maximum absolute atomic E-state index is 6.55. The van der Waals surface area contributed by atoms with Gasteiger partial charge in [0.1, 0.15) is 5.15 Å². The molecule has 0 spiro atoms. The first-order valence-corrected chi connectivity index (χ1v) is 8.78. The van der Waals surface area contributed by atoms with Gasteiger partial charge in [0.25, 0.3) is 0 Å². The van der Waals surface area contributed by atoms with E-state index in [1.165, 1.54) is 5.56 Å². The van der Waals surface area contributed by atoms with Gasteiger partial charge < -0.3 is 15.0 Å². The highest BCUT2D eigenvalue weighted by Crippen LogP contribution is 2.20. The van der Waals surface area contributed by atoms with Crippen LogP contribution >= 0.6 is 11.6 Å². The Bertz CT molecular complexity index is 659. The number of likely N-dealkylation sites (N-methyl/N-ethyl adjacent to an activating group) is 1. The number of hydrogen-bond acceptors (Lipinski definition) is 4. The molecule has 1 atom stereocenters. The highest BCUT2D eigenvalue weighted by molar-refractivity contribution is 6.30. The first-order valence-electron chi connectivity index (χ1n) is 8.40. The van der Waals surface area contributed by atoms with Gasteiger partial charge in [-0.25, -0.2) is 4.68 Å². The summed E-state index contributed by atoms with van der Waals surface area (Å²) in [6.07, 6.45) is 0.238. The number of ether oxygens (including phenoxy) is 1. The lowest BCUT2D eigenvalue weighted by atomic mass is 10.2. The van der Waals surface area contributed by atoms with E-state index >= 15 is 0 Å². The molecule has 0 radical (unpaired) electrons. The minimum absolute atomic E-state index is 0.238. The van der Waals surface area contributed by atoms with Crippen molar-refractivity contribution in [1.82, 2.24) is 20.0 Å². The minimum Gasteiger partial charge on any atom is -0.374 e. The normalized spacial score (nSPS) is 18.9. The van der Waals surface area contributed by atoms with E-state index in [-0.39, 0.29) is 6.10 Å². The van der Waals surface area contributed by atoms with Crippen molar-refractivity contribution in [2.75, 3.05) is 33.3 Å². The van der Waals surface area contributed by atoms with Gasteiger partial charge in [-0.2, -0.15) is 5.10 Å². The number of aryl methyl sites for hydroxylation is 1. The smallest absolute Gasteiger partial charge is 0.132 e. The summed E-state index contributed by atoms with van der Waals surface area (Å²) in [5, 5.41) is 8.76. The predicted molar refractivity (Wildman–Crippen MR) is 96.5 cm³/mol. The molecular weight excluding hydrogens is 324 g/mol. The van der Waals surface area contributed by atoms with Crippen molar-refractivity contribution in [3.8, 4) is 0 Å². The van der Waals surface area contributed by atoms with Crippen LogP contribution in [0, 0.1) is 6.92 Å². The Labute approximate surface area is 148 Å². The molecule has 0 bridgehead atoms. The highest BCUT2D eigenvalue weighted by Gasteiger charge is 2.18. The van der Waals surface area contributed by atoms with Crippen LogP contribution in [0.25, 0.3) is 0 Å². The number of halogens is 1. The second kappa shape index (κ2) is 8.12. The Kier molecular flexibility index (Phi) is 5.89. The van der Waals surface area contributed by atoms with Crippen LogP contribution in [0.5, 0.6) is 0 Å². The van der Waals surface area contributed by atoms with E-state index in [2.05, 4.69) is 34.5 Å². The van der Waals surface area contributed by atoms with Gasteiger partial charge >= 0.3 is 0 Å². The van der Waals surface area contributed by atoms with Crippen molar-refractivity contribution < 1.29 is 4.74 Å². The van der Waals surface area contributed by atoms with Gasteiger partial charge in [0.05, 0.1) is 24.9 Å². The summed E-state index contributed by atoms with van der Waals surface area (Å²) in [6.45, 7) is 7.01. The lowest BCUT2D eigenvalue weighted by Gasteiger charge is -2.30. The molecule has 0 amide bonds. The molecule has 1 aliphatic heterocycles. The topological polar surface area (TPSA) is 42.3 Å². The van der Waals surface area contributed by atoms with E-state index in [9.17, 15) is 0 Å². The quantitative estimate of drug-likeness (QED) is 0.870. The zero-order valence-corrected chi connectivity index (χ0v) is 15.1. The lowest BCUT2D eigenvalue weighted by Crippen LogP contribution is -2.44. The van der Waals surface area contributed by atoms with Crippen LogP contribution in [0.3, 0.4) is 0 Å². The number of hydrogen-bond donors (Lipinski definition) is 1. The molecule has 0 aliphatic carbocycles. The van der Waals surface area contributed by atoms with Gasteiger partial charge in [-0.3, -0.25) is 0 Å². The van der Waals surface area contributed by atoms with Crippen molar-refractivity contribution in [2.45, 2.75) is 26.1 Å². The van der Waals surface area contributed by atoms with Gasteiger partial charge in [0.15, 0.2) is 0 Å². The molecule has 130 valence electrons. The van der Waals surface area contributed by atoms with E-state index in [1.54, 1.807) is 0 Å². The Balaban J connectivity index is 1.58. The van der Waals surface area contributed by atoms with Crippen LogP contribution in [-0.4, -0.2) is 54.1 Å². The van der Waals surface area contributed by atoms with Gasteiger partial charge in [-0.1, -0.05) is 41.9 Å². The van der Waals surface area contributed by atoms with Crippen LogP contribution < -0.4 is 5.32 Å². The Morgan fingerprint density at radius 3 is 2.88 bits per heavy atom. The molecule has 0 saturated carbocycles. The lowest BCUT2D eigenvalue weighted by molar-refractivity contribution is -0.0182. The number of nitrogens with zero attached hydrogens (tertiary/aromatic N) is 3. The highest BCUT2D eigenvalue weighted by atomic mass is 35.5. The first-order chi connectivity index (χ1) is 11.6. The number of morpholine rings is 1. The van der Waals surface area contributed by atoms with E-state index in [0.717, 1.165) is 37.5 Å². The van der Waals surface area contributed by atoms with Crippen LogP contribution in [0.2, 0.25) is 5.15 Å². The largest absolute Gasteiger partial charge is 0.374 e. The van der Waals surface area contributed by atoms with Crippen molar-refractivity contribution in [3.05, 3.63) is 52.3 Å². The van der Waals surface area contributed by atoms with Gasteiger partial charge in [-0.15, -0.1) is 0 Å². The van der Waals surface area contributed by atoms with Crippen LogP contribution in [-0.2, 0) is 17.8 Å². The molecule has 2 heterocycles. The molecule has 24 heavy (non-hydrogen) atoms. The SMILES string of the molecule is Cc1nn(Cc2ccccc2)c(Cl)c1CNC[C@@H]1CN(C)CCO1. The third-order valence-corrected chi connectivity index (χ3v) is 4.80. The van der Waals surface area contributed by atoms with Crippen LogP contribution in [0.1, 0.15) is 16.8 Å². The average Bonchev–Trinajstić information content (AvgIpc) is 2.83. The first kappa shape index (κ1) is 17.4. The van der Waals surface area contributed by atoms with E-state index < -0.39 is 0 Å². The molecule has 3 rings (SSSR count). The Morgan fingerprint density at radius 1 is 1.33 bits per heavy atom. The van der Waals surface area contributed by atoms with Crippen molar-refractivity contribution in [2.24, 2.45) is 0 Å². The Hall–Kier alpha value is -1.40. The number of benzene rings is 1. The third kappa shape index (κ3) is 4.36. The fraction of sp³-hybridized carbons (Fsp3) is 0.500. The summed E-state index contributed by atoms with van der Waals surface area (Å²) >= 11 is 6.55. The molecule has 5 nitrogen and oxygen atoms in total. The van der Waals surface area contributed by atoms with Crippen molar-refractivity contribution >= 4 is 11.6 Å².